The van der Waals surface area contributed by atoms with Crippen LogP contribution in [0.3, 0.4) is 0 Å². The van der Waals surface area contributed by atoms with E-state index in [4.69, 9.17) is 11.0 Å². The lowest BCUT2D eigenvalue weighted by Crippen LogP contribution is -2.11. The molecule has 0 aromatic heterocycles. The molecule has 2 N–H and O–H groups in total. The van der Waals surface area contributed by atoms with Crippen molar-refractivity contribution in [3.63, 3.8) is 0 Å². The molecule has 0 heterocycles. The fraction of sp³-hybridized carbons (Fsp3) is 0.273. The number of nitrogens with zero attached hydrogens (tertiary/aromatic N) is 1. The number of carbonyl (C=O) groups is 1. The molecule has 0 bridgehead atoms. The molecule has 90 valence electrons. The van der Waals surface area contributed by atoms with E-state index in [1.165, 1.54) is 6.07 Å². The summed E-state index contributed by atoms with van der Waals surface area (Å²) >= 11 is 0. The van der Waals surface area contributed by atoms with E-state index in [0.29, 0.717) is 5.56 Å². The molecule has 0 aliphatic carbocycles. The molecular weight excluding hydrogens is 230 g/mol. The molecule has 0 spiro atoms. The Morgan fingerprint density at radius 1 is 1.59 bits per heavy atom. The first kappa shape index (κ1) is 13.1. The van der Waals surface area contributed by atoms with E-state index in [2.05, 4.69) is 4.74 Å². The first-order chi connectivity index (χ1) is 8.04. The number of carbonyl (C=O) groups excluding carboxylic acids is 1. The van der Waals surface area contributed by atoms with Gasteiger partial charge in [0.1, 0.15) is 6.07 Å². The molecule has 0 atom stereocenters. The van der Waals surface area contributed by atoms with Crippen LogP contribution >= 0.6 is 0 Å². The zero-order valence-corrected chi connectivity index (χ0v) is 9.04. The maximum absolute atomic E-state index is 12.8. The third-order valence-electron chi connectivity index (χ3n) is 2.21. The highest BCUT2D eigenvalue weighted by molar-refractivity contribution is 5.94. The summed E-state index contributed by atoms with van der Waals surface area (Å²) in [6.45, 7) is 0.00977. The van der Waals surface area contributed by atoms with Crippen molar-refractivity contribution in [2.24, 2.45) is 5.73 Å². The van der Waals surface area contributed by atoms with E-state index in [1.54, 1.807) is 6.07 Å². The van der Waals surface area contributed by atoms with Crippen molar-refractivity contribution < 1.29 is 18.3 Å². The minimum atomic E-state index is -2.87. The van der Waals surface area contributed by atoms with Gasteiger partial charge in [-0.1, -0.05) is 0 Å². The lowest BCUT2D eigenvalue weighted by Gasteiger charge is -2.11. The lowest BCUT2D eigenvalue weighted by atomic mass is 9.98. The quantitative estimate of drug-likeness (QED) is 0.816. The summed E-state index contributed by atoms with van der Waals surface area (Å²) in [5, 5.41) is 8.85. The number of methoxy groups -OCH3 is 1. The van der Waals surface area contributed by atoms with Gasteiger partial charge in [0.15, 0.2) is 0 Å². The van der Waals surface area contributed by atoms with Crippen molar-refractivity contribution >= 4 is 5.97 Å². The van der Waals surface area contributed by atoms with Crippen molar-refractivity contribution in [3.8, 4) is 6.07 Å². The summed E-state index contributed by atoms with van der Waals surface area (Å²) in [6, 6.07) is 4.10. The number of hydrogen-bond acceptors (Lipinski definition) is 4. The van der Waals surface area contributed by atoms with E-state index in [0.717, 1.165) is 13.2 Å². The largest absolute Gasteiger partial charge is 0.465 e. The standard InChI is InChI=1S/C11H10F2N2O2/c1-17-11(16)9-7(5-15)2-6(4-14)3-8(9)10(12)13/h2-3,10H,4,14H2,1H3. The Hall–Kier alpha value is -2.00. The predicted molar refractivity (Wildman–Crippen MR) is 55.3 cm³/mol. The van der Waals surface area contributed by atoms with E-state index < -0.39 is 23.5 Å². The summed E-state index contributed by atoms with van der Waals surface area (Å²) in [5.41, 5.74) is 4.61. The highest BCUT2D eigenvalue weighted by atomic mass is 19.3. The average molecular weight is 240 g/mol. The minimum absolute atomic E-state index is 0.00977. The zero-order valence-electron chi connectivity index (χ0n) is 9.04. The number of esters is 1. The molecular formula is C11H10F2N2O2. The van der Waals surface area contributed by atoms with Crippen LogP contribution in [0.4, 0.5) is 8.78 Å². The monoisotopic (exact) mass is 240 g/mol. The van der Waals surface area contributed by atoms with Gasteiger partial charge in [-0.15, -0.1) is 0 Å². The Morgan fingerprint density at radius 3 is 2.65 bits per heavy atom. The number of nitriles is 1. The highest BCUT2D eigenvalue weighted by Gasteiger charge is 2.23. The molecule has 0 saturated heterocycles. The number of rotatable bonds is 3. The van der Waals surface area contributed by atoms with E-state index in [-0.39, 0.29) is 12.1 Å². The fourth-order valence-corrected chi connectivity index (χ4v) is 1.43. The lowest BCUT2D eigenvalue weighted by molar-refractivity contribution is 0.0589. The van der Waals surface area contributed by atoms with Gasteiger partial charge in [0.2, 0.25) is 0 Å². The normalized spacial score (nSPS) is 10.1. The predicted octanol–water partition coefficient (Wildman–Crippen LogP) is 1.74. The molecule has 0 aliphatic rings. The maximum Gasteiger partial charge on any atom is 0.339 e. The van der Waals surface area contributed by atoms with Crippen molar-refractivity contribution in [2.45, 2.75) is 13.0 Å². The Bertz CT molecular complexity index is 481. The number of nitrogens with two attached hydrogens (primary N) is 1. The van der Waals surface area contributed by atoms with Crippen LogP contribution in [0.25, 0.3) is 0 Å². The Balaban J connectivity index is 3.53. The number of alkyl halides is 2. The van der Waals surface area contributed by atoms with Crippen molar-refractivity contribution in [1.29, 1.82) is 5.26 Å². The fourth-order valence-electron chi connectivity index (χ4n) is 1.43. The molecule has 1 aromatic carbocycles. The summed E-state index contributed by atoms with van der Waals surface area (Å²) in [6.07, 6.45) is -2.87. The van der Waals surface area contributed by atoms with Crippen LogP contribution in [0.2, 0.25) is 0 Å². The van der Waals surface area contributed by atoms with E-state index >= 15 is 0 Å². The van der Waals surface area contributed by atoms with Gasteiger partial charge in [-0.2, -0.15) is 5.26 Å². The second-order valence-electron chi connectivity index (χ2n) is 3.22. The van der Waals surface area contributed by atoms with Gasteiger partial charge in [-0.05, 0) is 17.7 Å². The Kier molecular flexibility index (Phi) is 4.12. The first-order valence-corrected chi connectivity index (χ1v) is 4.68. The summed E-state index contributed by atoms with van der Waals surface area (Å²) < 4.78 is 30.0. The van der Waals surface area contributed by atoms with Crippen LogP contribution in [0.5, 0.6) is 0 Å². The molecule has 1 aromatic rings. The molecule has 1 rings (SSSR count). The minimum Gasteiger partial charge on any atom is -0.465 e. The summed E-state index contributed by atoms with van der Waals surface area (Å²) in [7, 11) is 1.07. The van der Waals surface area contributed by atoms with Crippen LogP contribution in [0.1, 0.15) is 33.5 Å². The van der Waals surface area contributed by atoms with Gasteiger partial charge >= 0.3 is 5.97 Å². The smallest absolute Gasteiger partial charge is 0.339 e. The van der Waals surface area contributed by atoms with Crippen LogP contribution in [0, 0.1) is 11.3 Å². The second-order valence-corrected chi connectivity index (χ2v) is 3.22. The Labute approximate surface area is 96.6 Å². The first-order valence-electron chi connectivity index (χ1n) is 4.68. The summed E-state index contributed by atoms with van der Waals surface area (Å²) in [4.78, 5) is 11.4. The van der Waals surface area contributed by atoms with Crippen LogP contribution in [-0.4, -0.2) is 13.1 Å². The molecule has 0 radical (unpaired) electrons. The molecule has 0 aliphatic heterocycles. The van der Waals surface area contributed by atoms with Crippen LogP contribution in [0.15, 0.2) is 12.1 Å². The van der Waals surface area contributed by atoms with Crippen LogP contribution in [-0.2, 0) is 11.3 Å². The van der Waals surface area contributed by atoms with Gasteiger partial charge in [-0.25, -0.2) is 13.6 Å². The topological polar surface area (TPSA) is 76.1 Å². The van der Waals surface area contributed by atoms with Gasteiger partial charge in [0.25, 0.3) is 6.43 Å². The average Bonchev–Trinajstić information content (AvgIpc) is 2.35. The SMILES string of the molecule is COC(=O)c1c(C#N)cc(CN)cc1C(F)F. The molecule has 0 fully saturated rings. The molecule has 0 unspecified atom stereocenters. The van der Waals surface area contributed by atoms with E-state index in [9.17, 15) is 13.6 Å². The number of hydrogen-bond donors (Lipinski definition) is 1. The van der Waals surface area contributed by atoms with Gasteiger partial charge in [0.05, 0.1) is 18.2 Å². The van der Waals surface area contributed by atoms with Crippen molar-refractivity contribution in [1.82, 2.24) is 0 Å². The Morgan fingerprint density at radius 2 is 2.24 bits per heavy atom. The van der Waals surface area contributed by atoms with Crippen molar-refractivity contribution in [2.75, 3.05) is 7.11 Å². The number of ether oxygens (including phenoxy) is 1. The molecule has 6 heteroatoms. The van der Waals surface area contributed by atoms with Gasteiger partial charge < -0.3 is 10.5 Å². The van der Waals surface area contributed by atoms with Gasteiger partial charge in [-0.3, -0.25) is 0 Å². The molecule has 0 amide bonds. The van der Waals surface area contributed by atoms with Crippen molar-refractivity contribution in [3.05, 3.63) is 34.4 Å². The summed E-state index contributed by atoms with van der Waals surface area (Å²) in [5.74, 6) is -0.958. The molecule has 4 nitrogen and oxygen atoms in total. The third-order valence-corrected chi connectivity index (χ3v) is 2.21. The van der Waals surface area contributed by atoms with E-state index in [1.807, 2.05) is 0 Å². The second kappa shape index (κ2) is 5.37. The number of benzene rings is 1. The van der Waals surface area contributed by atoms with Gasteiger partial charge in [0, 0.05) is 12.1 Å². The highest BCUT2D eigenvalue weighted by Crippen LogP contribution is 2.27. The zero-order chi connectivity index (χ0) is 13.0. The third kappa shape index (κ3) is 2.57. The maximum atomic E-state index is 12.8. The molecule has 0 saturated carbocycles. The molecule has 17 heavy (non-hydrogen) atoms. The van der Waals surface area contributed by atoms with Crippen LogP contribution < -0.4 is 5.73 Å². The number of halogens is 2.